The van der Waals surface area contributed by atoms with Crippen LogP contribution in [0.3, 0.4) is 0 Å². The molecule has 0 aliphatic rings. The van der Waals surface area contributed by atoms with Crippen molar-refractivity contribution < 1.29 is 4.79 Å². The van der Waals surface area contributed by atoms with E-state index in [1.54, 1.807) is 6.20 Å². The van der Waals surface area contributed by atoms with Crippen molar-refractivity contribution in [2.75, 3.05) is 16.8 Å². The third-order valence-electron chi connectivity index (χ3n) is 4.57. The molecule has 2 aromatic carbocycles. The summed E-state index contributed by atoms with van der Waals surface area (Å²) in [5.41, 5.74) is 5.66. The molecule has 1 aromatic heterocycles. The Kier molecular flexibility index (Phi) is 5.87. The van der Waals surface area contributed by atoms with Gasteiger partial charge in [0.05, 0.1) is 0 Å². The first kappa shape index (κ1) is 18.6. The normalized spacial score (nSPS) is 10.5. The molecule has 0 aliphatic heterocycles. The van der Waals surface area contributed by atoms with Crippen LogP contribution >= 0.6 is 0 Å². The predicted molar refractivity (Wildman–Crippen MR) is 111 cm³/mol. The first-order valence-electron chi connectivity index (χ1n) is 9.20. The molecular weight excluding hydrogens is 334 g/mol. The van der Waals surface area contributed by atoms with E-state index < -0.39 is 0 Å². The summed E-state index contributed by atoms with van der Waals surface area (Å²) in [5, 5.41) is 2.97. The fourth-order valence-electron chi connectivity index (χ4n) is 3.07. The number of nitrogens with zero attached hydrogens (tertiary/aromatic N) is 2. The second-order valence-electron chi connectivity index (χ2n) is 6.67. The molecule has 0 aliphatic carbocycles. The largest absolute Gasteiger partial charge is 0.367 e. The molecule has 4 heteroatoms. The molecule has 0 atom stereocenters. The van der Waals surface area contributed by atoms with Gasteiger partial charge >= 0.3 is 0 Å². The summed E-state index contributed by atoms with van der Waals surface area (Å²) in [4.78, 5) is 19.2. The highest BCUT2D eigenvalue weighted by Gasteiger charge is 2.12. The topological polar surface area (TPSA) is 45.2 Å². The molecule has 0 bridgehead atoms. The quantitative estimate of drug-likeness (QED) is 0.675. The van der Waals surface area contributed by atoms with E-state index in [0.29, 0.717) is 5.69 Å². The smallest absolute Gasteiger partial charge is 0.274 e. The van der Waals surface area contributed by atoms with Crippen molar-refractivity contribution in [2.24, 2.45) is 0 Å². The average molecular weight is 359 g/mol. The van der Waals surface area contributed by atoms with Crippen LogP contribution in [0.1, 0.15) is 34.1 Å². The standard InChI is InChI=1S/C23H25N3O/c1-4-26(16-19-8-6-5-7-9-19)20-12-13-24-22(15-20)23(27)25-21-11-10-17(2)14-18(21)3/h5-15H,4,16H2,1-3H3,(H,25,27). The minimum absolute atomic E-state index is 0.195. The van der Waals surface area contributed by atoms with Crippen LogP contribution in [0.2, 0.25) is 0 Å². The maximum Gasteiger partial charge on any atom is 0.274 e. The number of pyridine rings is 1. The Morgan fingerprint density at radius 1 is 1.04 bits per heavy atom. The Morgan fingerprint density at radius 3 is 2.52 bits per heavy atom. The van der Waals surface area contributed by atoms with Gasteiger partial charge in [0.2, 0.25) is 0 Å². The summed E-state index contributed by atoms with van der Waals surface area (Å²) in [6.45, 7) is 7.77. The number of amides is 1. The average Bonchev–Trinajstić information content (AvgIpc) is 2.69. The van der Waals surface area contributed by atoms with Gasteiger partial charge in [0, 0.05) is 30.7 Å². The van der Waals surface area contributed by atoms with Gasteiger partial charge in [0.1, 0.15) is 5.69 Å². The van der Waals surface area contributed by atoms with Crippen molar-refractivity contribution >= 4 is 17.3 Å². The van der Waals surface area contributed by atoms with Crippen molar-refractivity contribution in [1.82, 2.24) is 4.98 Å². The number of hydrogen-bond acceptors (Lipinski definition) is 3. The van der Waals surface area contributed by atoms with Crippen LogP contribution < -0.4 is 10.2 Å². The minimum Gasteiger partial charge on any atom is -0.367 e. The van der Waals surface area contributed by atoms with Crippen molar-refractivity contribution in [3.05, 3.63) is 89.2 Å². The highest BCUT2D eigenvalue weighted by Crippen LogP contribution is 2.20. The van der Waals surface area contributed by atoms with Gasteiger partial charge in [-0.1, -0.05) is 48.0 Å². The molecule has 3 rings (SSSR count). The summed E-state index contributed by atoms with van der Waals surface area (Å²) in [5.74, 6) is -0.195. The lowest BCUT2D eigenvalue weighted by molar-refractivity contribution is 0.102. The molecule has 0 fully saturated rings. The van der Waals surface area contributed by atoms with Crippen molar-refractivity contribution in [2.45, 2.75) is 27.3 Å². The lowest BCUT2D eigenvalue weighted by atomic mass is 10.1. The first-order valence-corrected chi connectivity index (χ1v) is 9.20. The first-order chi connectivity index (χ1) is 13.1. The number of carbonyl (C=O) groups is 1. The molecular formula is C23H25N3O. The number of aromatic nitrogens is 1. The third kappa shape index (κ3) is 4.73. The molecule has 0 saturated carbocycles. The molecule has 0 spiro atoms. The van der Waals surface area contributed by atoms with Crippen LogP contribution in [-0.4, -0.2) is 17.4 Å². The van der Waals surface area contributed by atoms with Gasteiger partial charge in [-0.25, -0.2) is 0 Å². The Morgan fingerprint density at radius 2 is 1.81 bits per heavy atom. The molecule has 3 aromatic rings. The van der Waals surface area contributed by atoms with Crippen LogP contribution in [-0.2, 0) is 6.54 Å². The zero-order valence-electron chi connectivity index (χ0n) is 16.1. The van der Waals surface area contributed by atoms with Crippen molar-refractivity contribution in [3.8, 4) is 0 Å². The van der Waals surface area contributed by atoms with E-state index in [1.165, 1.54) is 11.1 Å². The highest BCUT2D eigenvalue weighted by molar-refractivity contribution is 6.03. The van der Waals surface area contributed by atoms with E-state index in [0.717, 1.165) is 30.0 Å². The van der Waals surface area contributed by atoms with Gasteiger partial charge in [-0.3, -0.25) is 9.78 Å². The zero-order valence-corrected chi connectivity index (χ0v) is 16.1. The third-order valence-corrected chi connectivity index (χ3v) is 4.57. The van der Waals surface area contributed by atoms with E-state index in [1.807, 2.05) is 56.3 Å². The summed E-state index contributed by atoms with van der Waals surface area (Å²) in [6.07, 6.45) is 1.69. The van der Waals surface area contributed by atoms with E-state index in [9.17, 15) is 4.79 Å². The fourth-order valence-corrected chi connectivity index (χ4v) is 3.07. The fraction of sp³-hybridized carbons (Fsp3) is 0.217. The molecule has 0 radical (unpaired) electrons. The van der Waals surface area contributed by atoms with E-state index in [4.69, 9.17) is 0 Å². The number of carbonyl (C=O) groups excluding carboxylic acids is 1. The maximum atomic E-state index is 12.7. The number of hydrogen-bond donors (Lipinski definition) is 1. The van der Waals surface area contributed by atoms with Crippen LogP contribution in [0.25, 0.3) is 0 Å². The SMILES string of the molecule is CCN(Cc1ccccc1)c1ccnc(C(=O)Nc2ccc(C)cc2C)c1. The lowest BCUT2D eigenvalue weighted by Gasteiger charge is -2.23. The Bertz CT molecular complexity index is 922. The number of anilines is 2. The highest BCUT2D eigenvalue weighted by atomic mass is 16.1. The molecule has 1 heterocycles. The number of nitrogens with one attached hydrogen (secondary N) is 1. The van der Waals surface area contributed by atoms with E-state index in [-0.39, 0.29) is 5.91 Å². The second-order valence-corrected chi connectivity index (χ2v) is 6.67. The molecule has 0 saturated heterocycles. The molecule has 1 N–H and O–H groups in total. The zero-order chi connectivity index (χ0) is 19.2. The van der Waals surface area contributed by atoms with Gasteiger partial charge in [-0.2, -0.15) is 0 Å². The van der Waals surface area contributed by atoms with Gasteiger partial charge in [0.15, 0.2) is 0 Å². The Balaban J connectivity index is 1.78. The van der Waals surface area contributed by atoms with Crippen LogP contribution in [0.5, 0.6) is 0 Å². The van der Waals surface area contributed by atoms with Crippen LogP contribution in [0, 0.1) is 13.8 Å². The number of rotatable bonds is 6. The summed E-state index contributed by atoms with van der Waals surface area (Å²) >= 11 is 0. The van der Waals surface area contributed by atoms with Gasteiger partial charge in [0.25, 0.3) is 5.91 Å². The van der Waals surface area contributed by atoms with Crippen LogP contribution in [0.4, 0.5) is 11.4 Å². The van der Waals surface area contributed by atoms with Gasteiger partial charge in [-0.05, 0) is 50.1 Å². The summed E-state index contributed by atoms with van der Waals surface area (Å²) in [7, 11) is 0. The Hall–Kier alpha value is -3.14. The van der Waals surface area contributed by atoms with Crippen molar-refractivity contribution in [1.29, 1.82) is 0 Å². The number of benzene rings is 2. The van der Waals surface area contributed by atoms with Crippen LogP contribution in [0.15, 0.2) is 66.9 Å². The van der Waals surface area contributed by atoms with E-state index >= 15 is 0 Å². The minimum atomic E-state index is -0.195. The molecule has 27 heavy (non-hydrogen) atoms. The number of aryl methyl sites for hydroxylation is 2. The van der Waals surface area contributed by atoms with Gasteiger partial charge < -0.3 is 10.2 Å². The predicted octanol–water partition coefficient (Wildman–Crippen LogP) is 4.98. The van der Waals surface area contributed by atoms with Gasteiger partial charge in [-0.15, -0.1) is 0 Å². The van der Waals surface area contributed by atoms with E-state index in [2.05, 4.69) is 40.3 Å². The summed E-state index contributed by atoms with van der Waals surface area (Å²) in [6, 6.07) is 20.1. The Labute approximate surface area is 160 Å². The molecule has 138 valence electrons. The van der Waals surface area contributed by atoms with Crippen molar-refractivity contribution in [3.63, 3.8) is 0 Å². The lowest BCUT2D eigenvalue weighted by Crippen LogP contribution is -2.23. The molecule has 1 amide bonds. The molecule has 0 unspecified atom stereocenters. The summed E-state index contributed by atoms with van der Waals surface area (Å²) < 4.78 is 0. The molecule has 4 nitrogen and oxygen atoms in total. The monoisotopic (exact) mass is 359 g/mol. The second kappa shape index (κ2) is 8.49. The maximum absolute atomic E-state index is 12.7.